The van der Waals surface area contributed by atoms with Crippen LogP contribution in [0.2, 0.25) is 0 Å². The van der Waals surface area contributed by atoms with Crippen LogP contribution < -0.4 is 49.1 Å². The fourth-order valence-electron chi connectivity index (χ4n) is 3.95. The molecular formula is C24H44N10O7. The van der Waals surface area contributed by atoms with E-state index in [9.17, 15) is 28.8 Å². The Balaban J connectivity index is 2.65. The van der Waals surface area contributed by atoms with Gasteiger partial charge in [0.25, 0.3) is 0 Å². The topological polar surface area (TPSA) is 285 Å². The lowest BCUT2D eigenvalue weighted by molar-refractivity contribution is -0.138. The predicted octanol–water partition coefficient (Wildman–Crippen LogP) is -4.29. The number of carbonyl (C=O) groups excluding carboxylic acids is 5. The third kappa shape index (κ3) is 14.8. The number of carboxylic acid groups (broad SMARTS) is 1. The molecule has 0 unspecified atom stereocenters. The van der Waals surface area contributed by atoms with Gasteiger partial charge in [0.15, 0.2) is 5.96 Å². The number of amides is 5. The highest BCUT2D eigenvalue weighted by Gasteiger charge is 2.29. The zero-order valence-corrected chi connectivity index (χ0v) is 23.4. The molecule has 1 rings (SSSR count). The van der Waals surface area contributed by atoms with Crippen LogP contribution in [-0.2, 0) is 28.8 Å². The number of guanidine groups is 1. The van der Waals surface area contributed by atoms with Crippen molar-refractivity contribution in [1.29, 1.82) is 0 Å². The van der Waals surface area contributed by atoms with Crippen molar-refractivity contribution in [2.45, 2.75) is 76.0 Å². The molecule has 0 aromatic carbocycles. The molecule has 1 fully saturated rings. The van der Waals surface area contributed by atoms with Gasteiger partial charge in [-0.1, -0.05) is 0 Å². The maximum atomic E-state index is 12.9. The molecule has 0 aromatic rings. The molecule has 4 atom stereocenters. The van der Waals surface area contributed by atoms with E-state index in [1.165, 1.54) is 6.92 Å². The molecule has 1 heterocycles. The molecule has 0 bridgehead atoms. The van der Waals surface area contributed by atoms with Gasteiger partial charge in [-0.05, 0) is 65.0 Å². The SMILES string of the molecule is C[C@H](NC(=O)[C@H](CCCCN)NC(=O)[C@@H]1CCCN1)C(=O)NCC(=O)N[C@@H](CCCN=C(N)N)C(=O)NCC(=O)O. The van der Waals surface area contributed by atoms with E-state index in [1.807, 2.05) is 0 Å². The molecule has 0 saturated carbocycles. The number of nitrogens with zero attached hydrogens (tertiary/aromatic N) is 1. The maximum absolute atomic E-state index is 12.9. The third-order valence-corrected chi connectivity index (χ3v) is 6.14. The first-order chi connectivity index (χ1) is 19.4. The summed E-state index contributed by atoms with van der Waals surface area (Å²) in [5, 5.41) is 24.2. The minimum atomic E-state index is -1.26. The second-order valence-corrected chi connectivity index (χ2v) is 9.62. The number of aliphatic imine (C=N–C) groups is 1. The monoisotopic (exact) mass is 584 g/mol. The summed E-state index contributed by atoms with van der Waals surface area (Å²) in [5.74, 6) is -4.35. The van der Waals surface area contributed by atoms with Crippen LogP contribution in [0, 0.1) is 0 Å². The molecule has 1 aliphatic heterocycles. The van der Waals surface area contributed by atoms with Gasteiger partial charge in [0.2, 0.25) is 29.5 Å². The first kappa shape index (κ1) is 35.0. The quantitative estimate of drug-likeness (QED) is 0.0394. The second kappa shape index (κ2) is 19.1. The van der Waals surface area contributed by atoms with Crippen LogP contribution in [0.25, 0.3) is 0 Å². The number of nitrogens with one attached hydrogen (secondary N) is 6. The molecule has 1 aliphatic rings. The van der Waals surface area contributed by atoms with Gasteiger partial charge >= 0.3 is 5.97 Å². The normalized spacial score (nSPS) is 16.4. The van der Waals surface area contributed by atoms with Crippen LogP contribution in [-0.4, -0.2) is 103 Å². The molecule has 0 radical (unpaired) electrons. The van der Waals surface area contributed by atoms with Crippen molar-refractivity contribution >= 4 is 41.5 Å². The molecule has 0 spiro atoms. The van der Waals surface area contributed by atoms with Crippen LogP contribution in [0.3, 0.4) is 0 Å². The van der Waals surface area contributed by atoms with Crippen LogP contribution in [0.15, 0.2) is 4.99 Å². The van der Waals surface area contributed by atoms with E-state index in [4.69, 9.17) is 22.3 Å². The summed E-state index contributed by atoms with van der Waals surface area (Å²) in [5.41, 5.74) is 16.1. The molecule has 0 aliphatic carbocycles. The summed E-state index contributed by atoms with van der Waals surface area (Å²) in [7, 11) is 0. The number of carbonyl (C=O) groups is 6. The van der Waals surface area contributed by atoms with Crippen LogP contribution >= 0.6 is 0 Å². The Bertz CT molecular complexity index is 936. The zero-order valence-electron chi connectivity index (χ0n) is 23.4. The van der Waals surface area contributed by atoms with Crippen LogP contribution in [0.1, 0.15) is 51.9 Å². The van der Waals surface area contributed by atoms with Gasteiger partial charge in [0.05, 0.1) is 12.6 Å². The van der Waals surface area contributed by atoms with E-state index in [-0.39, 0.29) is 30.9 Å². The molecule has 5 amide bonds. The van der Waals surface area contributed by atoms with Gasteiger partial charge < -0.3 is 54.2 Å². The summed E-state index contributed by atoms with van der Waals surface area (Å²) in [4.78, 5) is 77.3. The summed E-state index contributed by atoms with van der Waals surface area (Å²) in [6.45, 7) is 1.61. The summed E-state index contributed by atoms with van der Waals surface area (Å²) >= 11 is 0. The van der Waals surface area contributed by atoms with Crippen molar-refractivity contribution in [3.63, 3.8) is 0 Å². The Morgan fingerprint density at radius 3 is 2.17 bits per heavy atom. The highest BCUT2D eigenvalue weighted by Crippen LogP contribution is 2.07. The highest BCUT2D eigenvalue weighted by molar-refractivity contribution is 5.95. The number of hydrogen-bond donors (Lipinski definition) is 10. The van der Waals surface area contributed by atoms with Gasteiger partial charge in [-0.15, -0.1) is 0 Å². The summed E-state index contributed by atoms with van der Waals surface area (Å²) in [6, 6.07) is -3.37. The first-order valence-corrected chi connectivity index (χ1v) is 13.6. The predicted molar refractivity (Wildman–Crippen MR) is 149 cm³/mol. The Kier molecular flexibility index (Phi) is 16.4. The first-order valence-electron chi connectivity index (χ1n) is 13.6. The minimum absolute atomic E-state index is 0.0992. The van der Waals surface area contributed by atoms with Crippen LogP contribution in [0.5, 0.6) is 0 Å². The molecule has 17 heteroatoms. The number of rotatable bonds is 19. The smallest absolute Gasteiger partial charge is 0.322 e. The number of hydrogen-bond acceptors (Lipinski definition) is 9. The van der Waals surface area contributed by atoms with Crippen molar-refractivity contribution in [2.24, 2.45) is 22.2 Å². The fourth-order valence-corrected chi connectivity index (χ4v) is 3.95. The molecule has 1 saturated heterocycles. The van der Waals surface area contributed by atoms with E-state index in [0.29, 0.717) is 38.6 Å². The molecule has 41 heavy (non-hydrogen) atoms. The number of unbranched alkanes of at least 4 members (excludes halogenated alkanes) is 1. The van der Waals surface area contributed by atoms with Gasteiger partial charge in [0, 0.05) is 6.54 Å². The van der Waals surface area contributed by atoms with Gasteiger partial charge in [0.1, 0.15) is 24.7 Å². The van der Waals surface area contributed by atoms with E-state index < -0.39 is 60.8 Å². The zero-order chi connectivity index (χ0) is 30.8. The van der Waals surface area contributed by atoms with Crippen molar-refractivity contribution in [2.75, 3.05) is 32.7 Å². The van der Waals surface area contributed by atoms with Crippen molar-refractivity contribution in [3.05, 3.63) is 0 Å². The Hall–Kier alpha value is -3.99. The largest absolute Gasteiger partial charge is 0.480 e. The fraction of sp³-hybridized carbons (Fsp3) is 0.708. The van der Waals surface area contributed by atoms with Gasteiger partial charge in [-0.3, -0.25) is 33.8 Å². The summed E-state index contributed by atoms with van der Waals surface area (Å²) in [6.07, 6.45) is 3.53. The van der Waals surface area contributed by atoms with E-state index in [0.717, 1.165) is 13.0 Å². The molecule has 13 N–H and O–H groups in total. The average Bonchev–Trinajstić information content (AvgIpc) is 3.46. The van der Waals surface area contributed by atoms with E-state index >= 15 is 0 Å². The number of carboxylic acids is 1. The standard InChI is InChI=1S/C24H44N10O7/c1-14(32-23(41)17(6-2-3-9-25)34-22(40)15-7-4-10-28-15)20(38)30-12-18(35)33-16(8-5-11-29-24(26)27)21(39)31-13-19(36)37/h14-17,28H,2-13,25H2,1H3,(H,30,38)(H,31,39)(H,32,41)(H,33,35)(H,34,40)(H,36,37)(H4,26,27,29)/t14-,15-,16-,17-/m0/s1. The Morgan fingerprint density at radius 2 is 1.56 bits per heavy atom. The average molecular weight is 585 g/mol. The lowest BCUT2D eigenvalue weighted by atomic mass is 10.1. The lowest BCUT2D eigenvalue weighted by Gasteiger charge is -2.23. The van der Waals surface area contributed by atoms with E-state index in [1.54, 1.807) is 0 Å². The van der Waals surface area contributed by atoms with Crippen molar-refractivity contribution < 1.29 is 33.9 Å². The number of nitrogens with two attached hydrogens (primary N) is 3. The number of aliphatic carboxylic acids is 1. The summed E-state index contributed by atoms with van der Waals surface area (Å²) < 4.78 is 0. The Morgan fingerprint density at radius 1 is 0.902 bits per heavy atom. The maximum Gasteiger partial charge on any atom is 0.322 e. The van der Waals surface area contributed by atoms with E-state index in [2.05, 4.69) is 36.9 Å². The van der Waals surface area contributed by atoms with Gasteiger partial charge in [-0.2, -0.15) is 0 Å². The molecular weight excluding hydrogens is 540 g/mol. The minimum Gasteiger partial charge on any atom is -0.480 e. The van der Waals surface area contributed by atoms with Crippen LogP contribution in [0.4, 0.5) is 0 Å². The molecule has 0 aromatic heterocycles. The second-order valence-electron chi connectivity index (χ2n) is 9.62. The van der Waals surface area contributed by atoms with Gasteiger partial charge in [-0.25, -0.2) is 0 Å². The Labute approximate surface area is 238 Å². The third-order valence-electron chi connectivity index (χ3n) is 6.14. The molecule has 232 valence electrons. The lowest BCUT2D eigenvalue weighted by Crippen LogP contribution is -2.55. The van der Waals surface area contributed by atoms with Crippen molar-refractivity contribution in [3.8, 4) is 0 Å². The van der Waals surface area contributed by atoms with Crippen molar-refractivity contribution in [1.82, 2.24) is 31.9 Å². The molecule has 17 nitrogen and oxygen atoms in total. The highest BCUT2D eigenvalue weighted by atomic mass is 16.4.